The lowest BCUT2D eigenvalue weighted by molar-refractivity contribution is -0.143. The molecule has 0 spiro atoms. The number of fused-ring (bicyclic) bond motifs is 1. The first-order chi connectivity index (χ1) is 33.9. The molecule has 0 unspecified atom stereocenters. The summed E-state index contributed by atoms with van der Waals surface area (Å²) in [6, 6.07) is 11.7. The second-order valence-electron chi connectivity index (χ2n) is 17.7. The molecule has 3 aromatic carbocycles. The molecule has 1 saturated heterocycles. The van der Waals surface area contributed by atoms with Crippen molar-refractivity contribution in [2.24, 2.45) is 17.4 Å². The molecule has 1 fully saturated rings. The van der Waals surface area contributed by atoms with Crippen molar-refractivity contribution < 1.29 is 48.6 Å². The van der Waals surface area contributed by atoms with E-state index in [9.17, 15) is 48.6 Å². The van der Waals surface area contributed by atoms with Crippen LogP contribution in [0.25, 0.3) is 10.9 Å². The van der Waals surface area contributed by atoms with Gasteiger partial charge in [-0.25, -0.2) is 4.79 Å². The number of aromatic nitrogens is 1. The number of phenols is 1. The van der Waals surface area contributed by atoms with E-state index in [0.29, 0.717) is 29.5 Å². The van der Waals surface area contributed by atoms with Crippen LogP contribution in [0.1, 0.15) is 56.7 Å². The highest BCUT2D eigenvalue weighted by atomic mass is 33.1. The summed E-state index contributed by atoms with van der Waals surface area (Å²) >= 11 is 0. The summed E-state index contributed by atoms with van der Waals surface area (Å²) in [5.74, 6) is -7.69. The first kappa shape index (κ1) is 55.3. The number of benzene rings is 3. The van der Waals surface area contributed by atoms with Crippen molar-refractivity contribution in [1.29, 1.82) is 0 Å². The average Bonchev–Trinajstić information content (AvgIpc) is 3.75. The van der Waals surface area contributed by atoms with E-state index in [2.05, 4.69) is 42.2 Å². The van der Waals surface area contributed by atoms with Gasteiger partial charge in [0.2, 0.25) is 41.4 Å². The molecule has 382 valence electrons. The van der Waals surface area contributed by atoms with Crippen LogP contribution in [0.3, 0.4) is 0 Å². The number of hydrogen-bond donors (Lipinski definition) is 12. The van der Waals surface area contributed by atoms with E-state index in [-0.39, 0.29) is 49.5 Å². The number of unbranched alkanes of at least 4 members (excludes halogenated alkanes) is 1. The number of H-pyrrole nitrogens is 1. The monoisotopic (exact) mass is 1020 g/mol. The highest BCUT2D eigenvalue weighted by Crippen LogP contribution is 2.25. The number of carboxylic acids is 1. The SMILES string of the molecule is CC(C)[C@H](NC(=O)[C@@H]1CSSC[C@H](NC(=O)[C@H](C)N)C(=O)N[C@H](Cc2ccccc2)C(=O)N[C@@H](Cc2c[nH]c3ccccc23)C(=O)N[C@@H](CCCCN)C(=O)N[C@@H](Cc2ccc(O)cc2)C(=O)N1)C(=O)O. The smallest absolute Gasteiger partial charge is 0.326 e. The number of aromatic amines is 1. The van der Waals surface area contributed by atoms with Crippen LogP contribution in [0.2, 0.25) is 0 Å². The number of nitrogens with one attached hydrogen (secondary N) is 8. The maximum Gasteiger partial charge on any atom is 0.326 e. The Morgan fingerprint density at radius 2 is 1.24 bits per heavy atom. The van der Waals surface area contributed by atoms with Crippen molar-refractivity contribution >= 4 is 79.8 Å². The minimum atomic E-state index is -1.42. The van der Waals surface area contributed by atoms with Crippen molar-refractivity contribution in [3.8, 4) is 5.75 Å². The van der Waals surface area contributed by atoms with Gasteiger partial charge in [0.25, 0.3) is 0 Å². The molecule has 22 heteroatoms. The summed E-state index contributed by atoms with van der Waals surface area (Å²) in [6.07, 6.45) is 2.35. The zero-order valence-corrected chi connectivity index (χ0v) is 41.4. The van der Waals surface area contributed by atoms with Crippen molar-refractivity contribution in [1.82, 2.24) is 42.2 Å². The number of phenolic OH excluding ortho intramolecular Hbond substituents is 1. The number of hydrogen-bond acceptors (Lipinski definition) is 13. The number of rotatable bonds is 16. The van der Waals surface area contributed by atoms with Crippen LogP contribution in [0.5, 0.6) is 5.75 Å². The third-order valence-corrected chi connectivity index (χ3v) is 14.1. The van der Waals surface area contributed by atoms with E-state index < -0.39 is 102 Å². The lowest BCUT2D eigenvalue weighted by Crippen LogP contribution is -2.61. The fourth-order valence-corrected chi connectivity index (χ4v) is 9.99. The molecule has 1 aromatic heterocycles. The van der Waals surface area contributed by atoms with Gasteiger partial charge in [-0.05, 0) is 73.5 Å². The Kier molecular flexibility index (Phi) is 21.1. The standard InChI is InChI=1S/C49H64N10O10S2/c1-27(2)41(49(68)69)59-48(67)40-26-71-70-25-39(57-42(61)28(3)51)47(66)55-36(21-29-11-5-4-6-12-29)44(63)56-38(23-31-24-52-34-14-8-7-13-33(31)34)46(65)53-35(15-9-10-20-50)43(62)54-37(45(64)58-40)22-30-16-18-32(60)19-17-30/h4-8,11-14,16-19,24,27-28,35-41,52,60H,9-10,15,20-23,25-26,50-51H2,1-3H3,(H,53,65)(H,54,62)(H,55,66)(H,56,63)(H,57,61)(H,58,64)(H,59,67)(H,68,69)/t28-,35-,36+,37-,38-,39-,40-,41-/m0/s1. The Morgan fingerprint density at radius 1 is 0.690 bits per heavy atom. The predicted molar refractivity (Wildman–Crippen MR) is 271 cm³/mol. The van der Waals surface area contributed by atoms with E-state index >= 15 is 0 Å². The summed E-state index contributed by atoms with van der Waals surface area (Å²) in [7, 11) is 2.07. The maximum absolute atomic E-state index is 14.7. The number of carbonyl (C=O) groups excluding carboxylic acids is 7. The Bertz CT molecular complexity index is 2470. The van der Waals surface area contributed by atoms with Gasteiger partial charge in [-0.3, -0.25) is 33.6 Å². The summed E-state index contributed by atoms with van der Waals surface area (Å²) in [6.45, 7) is 4.90. The molecule has 1 aliphatic rings. The molecule has 2 heterocycles. The zero-order chi connectivity index (χ0) is 51.6. The normalized spacial score (nSPS) is 21.9. The third kappa shape index (κ3) is 16.8. The first-order valence-electron chi connectivity index (χ1n) is 23.4. The predicted octanol–water partition coefficient (Wildman–Crippen LogP) is 0.907. The van der Waals surface area contributed by atoms with E-state index in [1.165, 1.54) is 19.1 Å². The van der Waals surface area contributed by atoms with E-state index in [0.717, 1.165) is 32.5 Å². The number of aliphatic carboxylic acids is 1. The number of aromatic hydroxyl groups is 1. The number of nitrogens with two attached hydrogens (primary N) is 2. The lowest BCUT2D eigenvalue weighted by Gasteiger charge is -2.29. The van der Waals surface area contributed by atoms with Crippen molar-refractivity contribution in [3.05, 3.63) is 102 Å². The van der Waals surface area contributed by atoms with Gasteiger partial charge in [0.15, 0.2) is 0 Å². The summed E-state index contributed by atoms with van der Waals surface area (Å²) in [5.41, 5.74) is 14.3. The van der Waals surface area contributed by atoms with Crippen LogP contribution in [0, 0.1) is 5.92 Å². The van der Waals surface area contributed by atoms with Gasteiger partial charge in [0.05, 0.1) is 6.04 Å². The lowest BCUT2D eigenvalue weighted by atomic mass is 10.0. The molecule has 20 nitrogen and oxygen atoms in total. The topological polar surface area (TPSA) is 329 Å². The molecule has 5 rings (SSSR count). The van der Waals surface area contributed by atoms with E-state index in [1.54, 1.807) is 62.5 Å². The Hall–Kier alpha value is -6.62. The molecular formula is C49H64N10O10S2. The van der Waals surface area contributed by atoms with E-state index in [4.69, 9.17) is 11.5 Å². The number of para-hydroxylation sites is 1. The molecule has 8 atom stereocenters. The zero-order valence-electron chi connectivity index (χ0n) is 39.8. The van der Waals surface area contributed by atoms with Crippen LogP contribution in [-0.4, -0.2) is 129 Å². The number of amides is 7. The van der Waals surface area contributed by atoms with Crippen molar-refractivity contribution in [2.75, 3.05) is 18.1 Å². The van der Waals surface area contributed by atoms with Crippen molar-refractivity contribution in [2.45, 2.75) is 108 Å². The summed E-state index contributed by atoms with van der Waals surface area (Å²) < 4.78 is 0. The first-order valence-corrected chi connectivity index (χ1v) is 25.8. The van der Waals surface area contributed by atoms with Gasteiger partial charge >= 0.3 is 5.97 Å². The van der Waals surface area contributed by atoms with Crippen LogP contribution in [0.15, 0.2) is 85.1 Å². The minimum absolute atomic E-state index is 0.0353. The molecule has 4 aromatic rings. The summed E-state index contributed by atoms with van der Waals surface area (Å²) in [4.78, 5) is 115. The molecule has 0 saturated carbocycles. The van der Waals surface area contributed by atoms with Crippen LogP contribution < -0.4 is 48.7 Å². The van der Waals surface area contributed by atoms with Crippen LogP contribution in [-0.2, 0) is 57.6 Å². The largest absolute Gasteiger partial charge is 0.508 e. The minimum Gasteiger partial charge on any atom is -0.508 e. The average molecular weight is 1020 g/mol. The molecule has 0 bridgehead atoms. The second-order valence-corrected chi connectivity index (χ2v) is 20.3. The molecule has 0 radical (unpaired) electrons. The fraction of sp³-hybridized carbons (Fsp3) is 0.429. The van der Waals surface area contributed by atoms with Gasteiger partial charge in [-0.1, -0.05) is 96.1 Å². The highest BCUT2D eigenvalue weighted by Gasteiger charge is 2.36. The van der Waals surface area contributed by atoms with Crippen LogP contribution in [0.4, 0.5) is 0 Å². The Labute approximate surface area is 419 Å². The van der Waals surface area contributed by atoms with Gasteiger partial charge < -0.3 is 63.9 Å². The van der Waals surface area contributed by atoms with Gasteiger partial charge in [0, 0.05) is 47.9 Å². The molecule has 1 aliphatic heterocycles. The van der Waals surface area contributed by atoms with Crippen molar-refractivity contribution in [3.63, 3.8) is 0 Å². The third-order valence-electron chi connectivity index (χ3n) is 11.7. The highest BCUT2D eigenvalue weighted by molar-refractivity contribution is 8.76. The Balaban J connectivity index is 1.60. The molecular weight excluding hydrogens is 953 g/mol. The maximum atomic E-state index is 14.7. The molecule has 7 amide bonds. The second kappa shape index (κ2) is 27.1. The van der Waals surface area contributed by atoms with Gasteiger partial charge in [-0.2, -0.15) is 0 Å². The van der Waals surface area contributed by atoms with Gasteiger partial charge in [-0.15, -0.1) is 0 Å². The molecule has 71 heavy (non-hydrogen) atoms. The quantitative estimate of drug-likeness (QED) is 0.0549. The molecule has 0 aliphatic carbocycles. The Morgan fingerprint density at radius 3 is 1.86 bits per heavy atom. The molecule has 14 N–H and O–H groups in total. The van der Waals surface area contributed by atoms with Gasteiger partial charge in [0.1, 0.15) is 48.0 Å². The number of carbonyl (C=O) groups is 8. The van der Waals surface area contributed by atoms with Crippen LogP contribution >= 0.6 is 21.6 Å². The summed E-state index contributed by atoms with van der Waals surface area (Å²) in [5, 5.41) is 39.8. The number of carboxylic acid groups (broad SMARTS) is 1. The fourth-order valence-electron chi connectivity index (χ4n) is 7.66. The van der Waals surface area contributed by atoms with E-state index in [1.807, 2.05) is 24.3 Å².